The van der Waals surface area contributed by atoms with Crippen molar-refractivity contribution < 1.29 is 34.1 Å². The molecule has 0 bridgehead atoms. The summed E-state index contributed by atoms with van der Waals surface area (Å²) >= 11 is 0. The summed E-state index contributed by atoms with van der Waals surface area (Å²) < 4.78 is 13.5. The molecule has 10 nitrogen and oxygen atoms in total. The summed E-state index contributed by atoms with van der Waals surface area (Å²) in [5.41, 5.74) is 5.29. The van der Waals surface area contributed by atoms with Crippen molar-refractivity contribution in [3.05, 3.63) is 95.1 Å². The van der Waals surface area contributed by atoms with Gasteiger partial charge in [-0.3, -0.25) is 19.3 Å². The number of aliphatic hydroxyl groups is 1. The molecule has 2 saturated heterocycles. The highest BCUT2D eigenvalue weighted by Crippen LogP contribution is 2.42. The van der Waals surface area contributed by atoms with Gasteiger partial charge in [0.2, 0.25) is 11.8 Å². The average Bonchev–Trinajstić information content (AvgIpc) is 3.15. The van der Waals surface area contributed by atoms with Crippen LogP contribution in [0.25, 0.3) is 11.1 Å². The maximum Gasteiger partial charge on any atom is 0.303 e. The number of nitrogens with zero attached hydrogens (tertiary/aromatic N) is 1. The molecule has 1 saturated carbocycles. The number of hydrogen-bond acceptors (Lipinski definition) is 7. The lowest BCUT2D eigenvalue weighted by Crippen LogP contribution is -2.61. The summed E-state index contributed by atoms with van der Waals surface area (Å²) in [6.45, 7) is 7.00. The third-order valence-corrected chi connectivity index (χ3v) is 10.9. The van der Waals surface area contributed by atoms with E-state index in [1.165, 1.54) is 19.3 Å². The van der Waals surface area contributed by atoms with Crippen LogP contribution in [0.5, 0.6) is 0 Å². The van der Waals surface area contributed by atoms with Crippen LogP contribution in [0.2, 0.25) is 0 Å². The summed E-state index contributed by atoms with van der Waals surface area (Å²) in [4.78, 5) is 39.4. The van der Waals surface area contributed by atoms with E-state index in [0.717, 1.165) is 52.6 Å². The van der Waals surface area contributed by atoms with Crippen molar-refractivity contribution in [1.29, 1.82) is 0 Å². The third kappa shape index (κ3) is 10.1. The molecule has 53 heavy (non-hydrogen) atoms. The Hall–Kier alpha value is -4.09. The first-order chi connectivity index (χ1) is 25.5. The lowest BCUT2D eigenvalue weighted by Gasteiger charge is -2.50. The normalized spacial score (nSPS) is 24.9. The minimum Gasteiger partial charge on any atom is -0.481 e. The number of benzene rings is 3. The molecule has 3 aromatic carbocycles. The van der Waals surface area contributed by atoms with E-state index in [4.69, 9.17) is 14.6 Å². The standard InChI is InChI=1S/C43H55N3O7/c1-43(2,3)45-41(51)37-21-20-30-8-5-7-11-36(30)46(37)26-34-24-38(31-14-12-28(27-47)13-15-31)53-42(52-34)32-18-16-29(17-19-32)35-10-6-4-9-33(35)25-44-39(48)22-23-40(49)50/h4,6,9-10,12-19,30,34,36-38,42,47H,5,7-8,11,20-27H2,1-3H3,(H,44,48)(H,45,51)(H,49,50)/t30-,34-,36-,37-,38+,42+/m1/s1. The van der Waals surface area contributed by atoms with Gasteiger partial charge in [0.05, 0.1) is 31.3 Å². The fraction of sp³-hybridized carbons (Fsp3) is 0.512. The van der Waals surface area contributed by atoms with Crippen molar-refractivity contribution in [3.8, 4) is 11.1 Å². The first-order valence-corrected chi connectivity index (χ1v) is 19.2. The largest absolute Gasteiger partial charge is 0.481 e. The van der Waals surface area contributed by atoms with Gasteiger partial charge in [-0.25, -0.2) is 0 Å². The molecule has 0 radical (unpaired) electrons. The second-order valence-electron chi connectivity index (χ2n) is 15.9. The van der Waals surface area contributed by atoms with Gasteiger partial charge < -0.3 is 30.3 Å². The smallest absolute Gasteiger partial charge is 0.303 e. The molecule has 3 aliphatic rings. The number of amides is 2. The van der Waals surface area contributed by atoms with Crippen molar-refractivity contribution in [2.24, 2.45) is 5.92 Å². The monoisotopic (exact) mass is 725 g/mol. The number of aliphatic carboxylic acids is 1. The third-order valence-electron chi connectivity index (χ3n) is 10.9. The number of ether oxygens (including phenoxy) is 2. The van der Waals surface area contributed by atoms with Crippen LogP contribution in [0.15, 0.2) is 72.8 Å². The van der Waals surface area contributed by atoms with Gasteiger partial charge in [0, 0.05) is 43.1 Å². The highest BCUT2D eigenvalue weighted by molar-refractivity contribution is 5.82. The fourth-order valence-electron chi connectivity index (χ4n) is 8.27. The zero-order valence-electron chi connectivity index (χ0n) is 31.3. The number of aliphatic hydroxyl groups excluding tert-OH is 1. The summed E-state index contributed by atoms with van der Waals surface area (Å²) in [6, 6.07) is 24.0. The first kappa shape index (κ1) is 38.6. The minimum atomic E-state index is -0.999. The van der Waals surface area contributed by atoms with E-state index in [-0.39, 0.29) is 61.6 Å². The van der Waals surface area contributed by atoms with Gasteiger partial charge in [0.1, 0.15) is 0 Å². The van der Waals surface area contributed by atoms with E-state index in [0.29, 0.717) is 24.9 Å². The Morgan fingerprint density at radius 3 is 2.28 bits per heavy atom. The SMILES string of the molecule is CC(C)(C)NC(=O)[C@H]1CC[C@H]2CCCC[C@H]2N1C[C@H]1C[C@@H](c2ccc(CO)cc2)O[C@@H](c2ccc(-c3ccccc3CNC(=O)CCC(=O)O)cc2)O1. The van der Waals surface area contributed by atoms with Gasteiger partial charge in [-0.05, 0) is 80.2 Å². The van der Waals surface area contributed by atoms with Gasteiger partial charge in [0.25, 0.3) is 0 Å². The highest BCUT2D eigenvalue weighted by atomic mass is 16.7. The number of fused-ring (bicyclic) bond motifs is 1. The molecule has 0 aromatic heterocycles. The Kier molecular flexibility index (Phi) is 12.7. The lowest BCUT2D eigenvalue weighted by atomic mass is 9.75. The Morgan fingerprint density at radius 2 is 1.57 bits per heavy atom. The van der Waals surface area contributed by atoms with E-state index in [1.807, 2.05) is 93.6 Å². The average molecular weight is 726 g/mol. The zero-order chi connectivity index (χ0) is 37.5. The van der Waals surface area contributed by atoms with Gasteiger partial charge >= 0.3 is 5.97 Å². The lowest BCUT2D eigenvalue weighted by molar-refractivity contribution is -0.255. The molecule has 2 heterocycles. The number of hydrogen-bond donors (Lipinski definition) is 4. The van der Waals surface area contributed by atoms with Crippen molar-refractivity contribution in [3.63, 3.8) is 0 Å². The summed E-state index contributed by atoms with van der Waals surface area (Å²) in [7, 11) is 0. The summed E-state index contributed by atoms with van der Waals surface area (Å²) in [6.07, 6.45) is 5.94. The number of carboxylic acid groups (broad SMARTS) is 1. The van der Waals surface area contributed by atoms with Gasteiger partial charge in [-0.1, -0.05) is 85.6 Å². The minimum absolute atomic E-state index is 0.0255. The molecule has 1 aliphatic carbocycles. The molecule has 2 amide bonds. The van der Waals surface area contributed by atoms with Gasteiger partial charge in [0.15, 0.2) is 6.29 Å². The van der Waals surface area contributed by atoms with Crippen LogP contribution in [-0.2, 0) is 37.0 Å². The Bertz CT molecular complexity index is 1700. The van der Waals surface area contributed by atoms with E-state index in [1.54, 1.807) is 0 Å². The molecule has 10 heteroatoms. The van der Waals surface area contributed by atoms with Crippen molar-refractivity contribution in [2.75, 3.05) is 6.54 Å². The number of carbonyl (C=O) groups excluding carboxylic acids is 2. The number of nitrogens with one attached hydrogen (secondary N) is 2. The Labute approximate surface area is 313 Å². The van der Waals surface area contributed by atoms with E-state index < -0.39 is 12.3 Å². The van der Waals surface area contributed by atoms with Crippen molar-refractivity contribution >= 4 is 17.8 Å². The number of carboxylic acids is 1. The van der Waals surface area contributed by atoms with Crippen LogP contribution in [0.4, 0.5) is 0 Å². The van der Waals surface area contributed by atoms with Crippen molar-refractivity contribution in [1.82, 2.24) is 15.5 Å². The second-order valence-corrected chi connectivity index (χ2v) is 15.9. The predicted octanol–water partition coefficient (Wildman–Crippen LogP) is 6.81. The molecule has 0 unspecified atom stereocenters. The van der Waals surface area contributed by atoms with Crippen LogP contribution in [-0.4, -0.2) is 63.2 Å². The van der Waals surface area contributed by atoms with E-state index >= 15 is 0 Å². The van der Waals surface area contributed by atoms with Crippen LogP contribution < -0.4 is 10.6 Å². The number of carbonyl (C=O) groups is 3. The maximum atomic E-state index is 13.8. The second kappa shape index (κ2) is 17.4. The molecular formula is C43H55N3O7. The van der Waals surface area contributed by atoms with E-state index in [2.05, 4.69) is 15.5 Å². The van der Waals surface area contributed by atoms with Gasteiger partial charge in [-0.2, -0.15) is 0 Å². The molecule has 284 valence electrons. The number of rotatable bonds is 12. The number of likely N-dealkylation sites (tertiary alicyclic amines) is 1. The van der Waals surface area contributed by atoms with E-state index in [9.17, 15) is 19.5 Å². The number of piperidine rings is 1. The molecule has 3 aromatic rings. The maximum absolute atomic E-state index is 13.8. The predicted molar refractivity (Wildman–Crippen MR) is 202 cm³/mol. The fourth-order valence-corrected chi connectivity index (χ4v) is 8.27. The molecular weight excluding hydrogens is 670 g/mol. The van der Waals surface area contributed by atoms with Crippen LogP contribution in [0.3, 0.4) is 0 Å². The molecule has 3 fully saturated rings. The Morgan fingerprint density at radius 1 is 0.849 bits per heavy atom. The zero-order valence-corrected chi connectivity index (χ0v) is 31.3. The Balaban J connectivity index is 1.24. The topological polar surface area (TPSA) is 137 Å². The summed E-state index contributed by atoms with van der Waals surface area (Å²) in [5.74, 6) is -0.616. The van der Waals surface area contributed by atoms with Gasteiger partial charge in [-0.15, -0.1) is 0 Å². The molecule has 6 atom stereocenters. The molecule has 6 rings (SSSR count). The molecule has 4 N–H and O–H groups in total. The van der Waals surface area contributed by atoms with Crippen LogP contribution in [0, 0.1) is 5.92 Å². The highest BCUT2D eigenvalue weighted by Gasteiger charge is 2.44. The van der Waals surface area contributed by atoms with Crippen molar-refractivity contribution in [2.45, 2.75) is 128 Å². The quantitative estimate of drug-likeness (QED) is 0.160. The van der Waals surface area contributed by atoms with Crippen LogP contribution in [0.1, 0.15) is 113 Å². The summed E-state index contributed by atoms with van der Waals surface area (Å²) in [5, 5.41) is 24.7. The first-order valence-electron chi connectivity index (χ1n) is 19.2. The molecule has 2 aliphatic heterocycles. The molecule has 0 spiro atoms. The van der Waals surface area contributed by atoms with Crippen LogP contribution >= 0.6 is 0 Å².